The highest BCUT2D eigenvalue weighted by molar-refractivity contribution is 6.30. The van der Waals surface area contributed by atoms with Crippen LogP contribution in [0.5, 0.6) is 5.75 Å². The molecule has 1 aliphatic rings. The van der Waals surface area contributed by atoms with Gasteiger partial charge in [-0.3, -0.25) is 4.79 Å². The van der Waals surface area contributed by atoms with Crippen molar-refractivity contribution in [1.82, 2.24) is 0 Å². The van der Waals surface area contributed by atoms with E-state index in [1.54, 1.807) is 12.1 Å². The first-order valence-electron chi connectivity index (χ1n) is 7.93. The number of benzene rings is 2. The predicted octanol–water partition coefficient (Wildman–Crippen LogP) is 4.48. The number of rotatable bonds is 4. The maximum atomic E-state index is 13.0. The SMILES string of the molecule is CC[C@@H](Oc1cccc(Cl)c1)C(=O)N1c2ccccc2C[C@@H]1C. The lowest BCUT2D eigenvalue weighted by atomic mass is 10.1. The lowest BCUT2D eigenvalue weighted by Crippen LogP contribution is -2.44. The molecular formula is C19H20ClNO2. The smallest absolute Gasteiger partial charge is 0.268 e. The van der Waals surface area contributed by atoms with E-state index in [9.17, 15) is 4.79 Å². The molecule has 2 aromatic carbocycles. The summed E-state index contributed by atoms with van der Waals surface area (Å²) in [7, 11) is 0. The van der Waals surface area contributed by atoms with Crippen molar-refractivity contribution in [2.45, 2.75) is 38.8 Å². The summed E-state index contributed by atoms with van der Waals surface area (Å²) in [5, 5.41) is 0.602. The molecule has 0 spiro atoms. The van der Waals surface area contributed by atoms with Crippen LogP contribution in [0.2, 0.25) is 5.02 Å². The number of amides is 1. The van der Waals surface area contributed by atoms with E-state index in [1.165, 1.54) is 5.56 Å². The molecule has 2 atom stereocenters. The van der Waals surface area contributed by atoms with Gasteiger partial charge in [0.15, 0.2) is 6.10 Å². The largest absolute Gasteiger partial charge is 0.481 e. The lowest BCUT2D eigenvalue weighted by Gasteiger charge is -2.27. The van der Waals surface area contributed by atoms with Gasteiger partial charge >= 0.3 is 0 Å². The Morgan fingerprint density at radius 1 is 1.30 bits per heavy atom. The van der Waals surface area contributed by atoms with Gasteiger partial charge in [-0.2, -0.15) is 0 Å². The maximum absolute atomic E-state index is 13.0. The highest BCUT2D eigenvalue weighted by Gasteiger charge is 2.34. The molecule has 23 heavy (non-hydrogen) atoms. The molecule has 0 saturated carbocycles. The third-order valence-electron chi connectivity index (χ3n) is 4.17. The highest BCUT2D eigenvalue weighted by atomic mass is 35.5. The normalized spacial score (nSPS) is 17.7. The molecular weight excluding hydrogens is 310 g/mol. The molecule has 0 unspecified atom stereocenters. The van der Waals surface area contributed by atoms with Crippen LogP contribution in [0.25, 0.3) is 0 Å². The summed E-state index contributed by atoms with van der Waals surface area (Å²) < 4.78 is 5.91. The Morgan fingerprint density at radius 2 is 2.09 bits per heavy atom. The zero-order valence-electron chi connectivity index (χ0n) is 13.3. The van der Waals surface area contributed by atoms with Crippen molar-refractivity contribution in [3.8, 4) is 5.75 Å². The first kappa shape index (κ1) is 15.9. The third-order valence-corrected chi connectivity index (χ3v) is 4.40. The van der Waals surface area contributed by atoms with Crippen LogP contribution < -0.4 is 9.64 Å². The van der Waals surface area contributed by atoms with Crippen LogP contribution in [0.1, 0.15) is 25.8 Å². The van der Waals surface area contributed by atoms with Crippen molar-refractivity contribution in [1.29, 1.82) is 0 Å². The zero-order chi connectivity index (χ0) is 16.4. The van der Waals surface area contributed by atoms with Crippen LogP contribution in [-0.4, -0.2) is 18.1 Å². The van der Waals surface area contributed by atoms with Gasteiger partial charge in [0, 0.05) is 16.8 Å². The number of carbonyl (C=O) groups is 1. The van der Waals surface area contributed by atoms with Gasteiger partial charge in [0.05, 0.1) is 0 Å². The van der Waals surface area contributed by atoms with E-state index in [4.69, 9.17) is 16.3 Å². The van der Waals surface area contributed by atoms with E-state index >= 15 is 0 Å². The van der Waals surface area contributed by atoms with E-state index in [2.05, 4.69) is 13.0 Å². The minimum Gasteiger partial charge on any atom is -0.481 e. The molecule has 1 aliphatic heterocycles. The molecule has 0 radical (unpaired) electrons. The summed E-state index contributed by atoms with van der Waals surface area (Å²) in [5.74, 6) is 0.628. The molecule has 0 N–H and O–H groups in total. The van der Waals surface area contributed by atoms with Crippen LogP contribution in [0.15, 0.2) is 48.5 Å². The van der Waals surface area contributed by atoms with Gasteiger partial charge in [-0.15, -0.1) is 0 Å². The van der Waals surface area contributed by atoms with E-state index in [1.807, 2.05) is 42.2 Å². The number of nitrogens with zero attached hydrogens (tertiary/aromatic N) is 1. The van der Waals surface area contributed by atoms with Crippen molar-refractivity contribution in [2.75, 3.05) is 4.90 Å². The Balaban J connectivity index is 1.83. The van der Waals surface area contributed by atoms with Crippen LogP contribution in [0, 0.1) is 0 Å². The van der Waals surface area contributed by atoms with Crippen LogP contribution in [-0.2, 0) is 11.2 Å². The third kappa shape index (κ3) is 3.20. The summed E-state index contributed by atoms with van der Waals surface area (Å²) in [4.78, 5) is 14.9. The first-order chi connectivity index (χ1) is 11.1. The average Bonchev–Trinajstić information content (AvgIpc) is 2.87. The van der Waals surface area contributed by atoms with Crippen LogP contribution in [0.3, 0.4) is 0 Å². The van der Waals surface area contributed by atoms with Crippen molar-refractivity contribution >= 4 is 23.2 Å². The molecule has 1 amide bonds. The summed E-state index contributed by atoms with van der Waals surface area (Å²) >= 11 is 5.99. The summed E-state index contributed by atoms with van der Waals surface area (Å²) in [5.41, 5.74) is 2.21. The van der Waals surface area contributed by atoms with Gasteiger partial charge in [-0.25, -0.2) is 0 Å². The molecule has 0 bridgehead atoms. The van der Waals surface area contributed by atoms with Crippen molar-refractivity contribution in [2.24, 2.45) is 0 Å². The number of fused-ring (bicyclic) bond motifs is 1. The lowest BCUT2D eigenvalue weighted by molar-refractivity contribution is -0.125. The number of hydrogen-bond donors (Lipinski definition) is 0. The van der Waals surface area contributed by atoms with Crippen molar-refractivity contribution < 1.29 is 9.53 Å². The minimum atomic E-state index is -0.512. The van der Waals surface area contributed by atoms with E-state index < -0.39 is 6.10 Å². The standard InChI is InChI=1S/C19H20ClNO2/c1-3-18(23-16-9-6-8-15(20)12-16)19(22)21-13(2)11-14-7-4-5-10-17(14)21/h4-10,12-13,18H,3,11H2,1-2H3/t13-,18+/m0/s1. The van der Waals surface area contributed by atoms with Gasteiger partial charge in [-0.1, -0.05) is 42.8 Å². The second kappa shape index (κ2) is 6.63. The van der Waals surface area contributed by atoms with Gasteiger partial charge in [0.2, 0.25) is 0 Å². The highest BCUT2D eigenvalue weighted by Crippen LogP contribution is 2.33. The fourth-order valence-electron chi connectivity index (χ4n) is 3.07. The maximum Gasteiger partial charge on any atom is 0.268 e. The number of halogens is 1. The van der Waals surface area contributed by atoms with Gasteiger partial charge in [0.1, 0.15) is 5.75 Å². The van der Waals surface area contributed by atoms with Crippen molar-refractivity contribution in [3.05, 3.63) is 59.1 Å². The minimum absolute atomic E-state index is 0.00456. The Labute approximate surface area is 141 Å². The topological polar surface area (TPSA) is 29.5 Å². The predicted molar refractivity (Wildman–Crippen MR) is 93.3 cm³/mol. The Bertz CT molecular complexity index is 716. The molecule has 4 heteroatoms. The molecule has 2 aromatic rings. The second-order valence-corrected chi connectivity index (χ2v) is 6.30. The van der Waals surface area contributed by atoms with Crippen LogP contribution in [0.4, 0.5) is 5.69 Å². The molecule has 120 valence electrons. The number of carbonyl (C=O) groups excluding carboxylic acids is 1. The number of para-hydroxylation sites is 1. The molecule has 1 heterocycles. The van der Waals surface area contributed by atoms with Gasteiger partial charge in [0.25, 0.3) is 5.91 Å². The van der Waals surface area contributed by atoms with Crippen LogP contribution >= 0.6 is 11.6 Å². The molecule has 0 saturated heterocycles. The Hall–Kier alpha value is -2.00. The number of hydrogen-bond acceptors (Lipinski definition) is 2. The Morgan fingerprint density at radius 3 is 2.83 bits per heavy atom. The summed E-state index contributed by atoms with van der Waals surface area (Å²) in [6.07, 6.45) is 0.980. The fourth-order valence-corrected chi connectivity index (χ4v) is 3.25. The molecule has 0 aliphatic carbocycles. The molecule has 3 rings (SSSR count). The first-order valence-corrected chi connectivity index (χ1v) is 8.31. The molecule has 3 nitrogen and oxygen atoms in total. The fraction of sp³-hybridized carbons (Fsp3) is 0.316. The monoisotopic (exact) mass is 329 g/mol. The summed E-state index contributed by atoms with van der Waals surface area (Å²) in [6, 6.07) is 15.4. The number of anilines is 1. The van der Waals surface area contributed by atoms with E-state index in [-0.39, 0.29) is 11.9 Å². The average molecular weight is 330 g/mol. The van der Waals surface area contributed by atoms with Crippen molar-refractivity contribution in [3.63, 3.8) is 0 Å². The molecule has 0 aromatic heterocycles. The quantitative estimate of drug-likeness (QED) is 0.828. The van der Waals surface area contributed by atoms with E-state index in [0.717, 1.165) is 12.1 Å². The van der Waals surface area contributed by atoms with Gasteiger partial charge < -0.3 is 9.64 Å². The van der Waals surface area contributed by atoms with E-state index in [0.29, 0.717) is 17.2 Å². The Kier molecular flexibility index (Phi) is 4.58. The number of ether oxygens (including phenoxy) is 1. The second-order valence-electron chi connectivity index (χ2n) is 5.86. The summed E-state index contributed by atoms with van der Waals surface area (Å²) in [6.45, 7) is 4.03. The van der Waals surface area contributed by atoms with Gasteiger partial charge in [-0.05, 0) is 49.6 Å². The zero-order valence-corrected chi connectivity index (χ0v) is 14.1. The molecule has 0 fully saturated rings.